The quantitative estimate of drug-likeness (QED) is 0.409. The van der Waals surface area contributed by atoms with Gasteiger partial charge in [0.05, 0.1) is 0 Å². The van der Waals surface area contributed by atoms with Crippen LogP contribution < -0.4 is 0 Å². The third kappa shape index (κ3) is 1.53. The van der Waals surface area contributed by atoms with Crippen LogP contribution >= 0.6 is 0 Å². The van der Waals surface area contributed by atoms with Gasteiger partial charge in [0.25, 0.3) is 0 Å². The van der Waals surface area contributed by atoms with Crippen LogP contribution in [0.4, 0.5) is 0 Å². The number of hydrogen-bond donors (Lipinski definition) is 1. The van der Waals surface area contributed by atoms with Gasteiger partial charge in [0.2, 0.25) is 0 Å². The summed E-state index contributed by atoms with van der Waals surface area (Å²) in [6.07, 6.45) is 7.74. The van der Waals surface area contributed by atoms with Crippen molar-refractivity contribution in [3.05, 3.63) is 11.1 Å². The molecular formula is C11H16O2. The topological polar surface area (TPSA) is 29.5 Å². The Morgan fingerprint density at radius 2 is 1.92 bits per heavy atom. The minimum Gasteiger partial charge on any atom is -0.251 e. The Morgan fingerprint density at radius 3 is 2.31 bits per heavy atom. The van der Waals surface area contributed by atoms with E-state index < -0.39 is 0 Å². The highest BCUT2D eigenvalue weighted by Crippen LogP contribution is 2.51. The molecule has 2 nitrogen and oxygen atoms in total. The zero-order chi connectivity index (χ0) is 8.84. The molecule has 3 aliphatic carbocycles. The average Bonchev–Trinajstić information content (AvgIpc) is 3.02. The lowest BCUT2D eigenvalue weighted by atomic mass is 10.00. The Labute approximate surface area is 78.5 Å². The van der Waals surface area contributed by atoms with Crippen LogP contribution in [-0.2, 0) is 4.89 Å². The van der Waals surface area contributed by atoms with Crippen LogP contribution in [0.25, 0.3) is 0 Å². The molecular weight excluding hydrogens is 164 g/mol. The summed E-state index contributed by atoms with van der Waals surface area (Å²) >= 11 is 0. The van der Waals surface area contributed by atoms with Crippen molar-refractivity contribution < 1.29 is 10.1 Å². The normalized spacial score (nSPS) is 28.8. The third-order valence-electron chi connectivity index (χ3n) is 3.40. The first-order valence-electron chi connectivity index (χ1n) is 5.42. The van der Waals surface area contributed by atoms with Crippen molar-refractivity contribution in [3.8, 4) is 0 Å². The Bertz CT molecular complexity index is 243. The van der Waals surface area contributed by atoms with E-state index in [1.807, 2.05) is 0 Å². The Kier molecular flexibility index (Phi) is 1.74. The van der Waals surface area contributed by atoms with Gasteiger partial charge in [-0.3, -0.25) is 5.26 Å². The van der Waals surface area contributed by atoms with E-state index in [-0.39, 0.29) is 6.10 Å². The summed E-state index contributed by atoms with van der Waals surface area (Å²) in [6.45, 7) is 0. The smallest absolute Gasteiger partial charge is 0.117 e. The van der Waals surface area contributed by atoms with E-state index in [1.165, 1.54) is 44.1 Å². The molecule has 1 N–H and O–H groups in total. The lowest BCUT2D eigenvalue weighted by molar-refractivity contribution is -0.274. The van der Waals surface area contributed by atoms with Gasteiger partial charge in [-0.25, -0.2) is 4.89 Å². The zero-order valence-corrected chi connectivity index (χ0v) is 7.83. The molecule has 0 aromatic rings. The Morgan fingerprint density at radius 1 is 1.23 bits per heavy atom. The van der Waals surface area contributed by atoms with Crippen LogP contribution in [0.3, 0.4) is 0 Å². The second kappa shape index (κ2) is 2.82. The largest absolute Gasteiger partial charge is 0.251 e. The van der Waals surface area contributed by atoms with Gasteiger partial charge in [0.1, 0.15) is 6.10 Å². The van der Waals surface area contributed by atoms with Gasteiger partial charge in [0.15, 0.2) is 0 Å². The molecule has 0 heterocycles. The molecule has 72 valence electrons. The third-order valence-corrected chi connectivity index (χ3v) is 3.40. The predicted molar refractivity (Wildman–Crippen MR) is 49.2 cm³/mol. The van der Waals surface area contributed by atoms with Crippen LogP contribution in [-0.4, -0.2) is 11.4 Å². The molecule has 0 aromatic carbocycles. The summed E-state index contributed by atoms with van der Waals surface area (Å²) in [5.74, 6) is 1.41. The molecule has 3 fully saturated rings. The van der Waals surface area contributed by atoms with Crippen molar-refractivity contribution in [3.63, 3.8) is 0 Å². The highest BCUT2D eigenvalue weighted by Gasteiger charge is 2.43. The van der Waals surface area contributed by atoms with Gasteiger partial charge in [-0.15, -0.1) is 0 Å². The van der Waals surface area contributed by atoms with Gasteiger partial charge in [-0.1, -0.05) is 5.57 Å². The van der Waals surface area contributed by atoms with Crippen LogP contribution in [0.5, 0.6) is 0 Å². The SMILES string of the molecule is OOC(C(=C1CC1)C1CC1)C1CC1. The molecule has 0 bridgehead atoms. The van der Waals surface area contributed by atoms with Crippen LogP contribution in [0.2, 0.25) is 0 Å². The fourth-order valence-electron chi connectivity index (χ4n) is 2.26. The number of rotatable bonds is 4. The molecule has 3 saturated carbocycles. The second-order valence-electron chi connectivity index (χ2n) is 4.70. The summed E-state index contributed by atoms with van der Waals surface area (Å²) in [5, 5.41) is 8.93. The average molecular weight is 180 g/mol. The van der Waals surface area contributed by atoms with Gasteiger partial charge in [-0.2, -0.15) is 0 Å². The van der Waals surface area contributed by atoms with E-state index in [0.717, 1.165) is 5.92 Å². The maximum Gasteiger partial charge on any atom is 0.117 e. The molecule has 3 aliphatic rings. The lowest BCUT2D eigenvalue weighted by Crippen LogP contribution is -2.18. The van der Waals surface area contributed by atoms with Crippen LogP contribution in [0.15, 0.2) is 11.1 Å². The van der Waals surface area contributed by atoms with Crippen molar-refractivity contribution in [2.24, 2.45) is 11.8 Å². The van der Waals surface area contributed by atoms with Crippen molar-refractivity contribution in [2.75, 3.05) is 0 Å². The van der Waals surface area contributed by atoms with Gasteiger partial charge in [0, 0.05) is 0 Å². The van der Waals surface area contributed by atoms with Crippen molar-refractivity contribution in [2.45, 2.75) is 44.6 Å². The molecule has 0 spiro atoms. The molecule has 0 saturated heterocycles. The zero-order valence-electron chi connectivity index (χ0n) is 7.83. The van der Waals surface area contributed by atoms with E-state index >= 15 is 0 Å². The van der Waals surface area contributed by atoms with E-state index in [4.69, 9.17) is 5.26 Å². The summed E-state index contributed by atoms with van der Waals surface area (Å²) in [4.78, 5) is 4.68. The first kappa shape index (κ1) is 8.01. The van der Waals surface area contributed by atoms with Crippen LogP contribution in [0.1, 0.15) is 38.5 Å². The maximum atomic E-state index is 8.93. The molecule has 1 atom stereocenters. The molecule has 0 radical (unpaired) electrons. The van der Waals surface area contributed by atoms with Gasteiger partial charge in [-0.05, 0) is 55.9 Å². The predicted octanol–water partition coefficient (Wildman–Crippen LogP) is 2.76. The van der Waals surface area contributed by atoms with E-state index in [1.54, 1.807) is 5.57 Å². The van der Waals surface area contributed by atoms with Gasteiger partial charge >= 0.3 is 0 Å². The molecule has 1 unspecified atom stereocenters. The van der Waals surface area contributed by atoms with E-state index in [0.29, 0.717) is 5.92 Å². The minimum atomic E-state index is 0.0741. The van der Waals surface area contributed by atoms with Crippen molar-refractivity contribution in [1.82, 2.24) is 0 Å². The summed E-state index contributed by atoms with van der Waals surface area (Å²) in [5.41, 5.74) is 3.08. The van der Waals surface area contributed by atoms with Crippen molar-refractivity contribution >= 4 is 0 Å². The van der Waals surface area contributed by atoms with E-state index in [9.17, 15) is 0 Å². The highest BCUT2D eigenvalue weighted by atomic mass is 17.1. The lowest BCUT2D eigenvalue weighted by Gasteiger charge is -2.16. The number of hydrogen-bond acceptors (Lipinski definition) is 2. The summed E-state index contributed by atoms with van der Waals surface area (Å²) in [7, 11) is 0. The monoisotopic (exact) mass is 180 g/mol. The molecule has 0 aliphatic heterocycles. The molecule has 2 heteroatoms. The first-order chi connectivity index (χ1) is 6.40. The summed E-state index contributed by atoms with van der Waals surface area (Å²) in [6, 6.07) is 0. The molecule has 3 rings (SSSR count). The molecule has 13 heavy (non-hydrogen) atoms. The molecule has 0 amide bonds. The highest BCUT2D eigenvalue weighted by molar-refractivity contribution is 5.33. The van der Waals surface area contributed by atoms with Crippen LogP contribution in [0, 0.1) is 11.8 Å². The first-order valence-corrected chi connectivity index (χ1v) is 5.42. The van der Waals surface area contributed by atoms with Gasteiger partial charge < -0.3 is 0 Å². The van der Waals surface area contributed by atoms with Crippen molar-refractivity contribution in [1.29, 1.82) is 0 Å². The fraction of sp³-hybridized carbons (Fsp3) is 0.818. The second-order valence-corrected chi connectivity index (χ2v) is 4.70. The summed E-state index contributed by atoms with van der Waals surface area (Å²) < 4.78 is 0. The standard InChI is InChI=1S/C11H16O2/c12-13-11(9-5-6-9)10(7-1-2-7)8-3-4-8/h7,9,11-12H,1-6H2. The Hall–Kier alpha value is -0.340. The van der Waals surface area contributed by atoms with E-state index in [2.05, 4.69) is 4.89 Å². The molecule has 0 aromatic heterocycles. The number of allylic oxidation sites excluding steroid dienone is 1. The minimum absolute atomic E-state index is 0.0741. The fourth-order valence-corrected chi connectivity index (χ4v) is 2.26. The maximum absolute atomic E-state index is 8.93. The Balaban J connectivity index is 1.81.